The van der Waals surface area contributed by atoms with Gasteiger partial charge in [-0.25, -0.2) is 4.39 Å². The maximum atomic E-state index is 14.9. The second-order valence-corrected chi connectivity index (χ2v) is 7.69. The highest BCUT2D eigenvalue weighted by atomic mass is 32.1. The average molecular weight is 381 g/mol. The molecule has 27 heavy (non-hydrogen) atoms. The number of benzene rings is 2. The molecule has 5 nitrogen and oxygen atoms in total. The van der Waals surface area contributed by atoms with Gasteiger partial charge in [0.2, 0.25) is 5.43 Å². The van der Waals surface area contributed by atoms with Gasteiger partial charge in [0.05, 0.1) is 5.52 Å². The number of nitrogens with two attached hydrogens (primary N) is 1. The molecule has 4 aromatic rings. The second-order valence-electron chi connectivity index (χ2n) is 6.90. The minimum atomic E-state index is -0.484. The summed E-state index contributed by atoms with van der Waals surface area (Å²) in [5, 5.41) is 0.367. The lowest BCUT2D eigenvalue weighted by Crippen LogP contribution is -2.15. The van der Waals surface area contributed by atoms with Crippen LogP contribution >= 0.6 is 11.5 Å². The molecule has 0 aliphatic heterocycles. The van der Waals surface area contributed by atoms with Gasteiger partial charge in [0.1, 0.15) is 16.0 Å². The summed E-state index contributed by atoms with van der Waals surface area (Å²) in [6, 6.07) is 10.6. The van der Waals surface area contributed by atoms with E-state index in [0.717, 1.165) is 24.0 Å². The minimum absolute atomic E-state index is 0.122. The number of nitrogens with one attached hydrogen (secondary N) is 1. The predicted molar refractivity (Wildman–Crippen MR) is 106 cm³/mol. The maximum absolute atomic E-state index is 14.9. The molecule has 1 saturated carbocycles. The first-order chi connectivity index (χ1) is 13.1. The van der Waals surface area contributed by atoms with Crippen LogP contribution in [0.3, 0.4) is 0 Å². The zero-order valence-corrected chi connectivity index (χ0v) is 15.1. The quantitative estimate of drug-likeness (QED) is 0.570. The first-order valence-electron chi connectivity index (χ1n) is 8.77. The molecule has 0 atom stereocenters. The van der Waals surface area contributed by atoms with Crippen LogP contribution in [0.5, 0.6) is 0 Å². The van der Waals surface area contributed by atoms with Crippen molar-refractivity contribution in [3.8, 4) is 11.1 Å². The summed E-state index contributed by atoms with van der Waals surface area (Å²) in [4.78, 5) is 25.6. The SMILES string of the molecule is NCc1cccc(-c2cc3c(cc2F)c(=O)c2c(=O)[nH]sc2n3C2CC2)c1. The summed E-state index contributed by atoms with van der Waals surface area (Å²) in [7, 11) is 0. The van der Waals surface area contributed by atoms with E-state index >= 15 is 0 Å². The van der Waals surface area contributed by atoms with Gasteiger partial charge in [-0.3, -0.25) is 14.0 Å². The van der Waals surface area contributed by atoms with Gasteiger partial charge in [0.25, 0.3) is 5.56 Å². The third-order valence-electron chi connectivity index (χ3n) is 5.10. The Bertz CT molecular complexity index is 1330. The van der Waals surface area contributed by atoms with Gasteiger partial charge in [-0.05, 0) is 53.7 Å². The second kappa shape index (κ2) is 5.87. The highest BCUT2D eigenvalue weighted by Crippen LogP contribution is 2.40. The lowest BCUT2D eigenvalue weighted by atomic mass is 10.00. The van der Waals surface area contributed by atoms with Gasteiger partial charge in [0.15, 0.2) is 0 Å². The van der Waals surface area contributed by atoms with Crippen molar-refractivity contribution in [2.45, 2.75) is 25.4 Å². The molecular weight excluding hydrogens is 365 g/mol. The fourth-order valence-electron chi connectivity index (χ4n) is 3.63. The number of fused-ring (bicyclic) bond motifs is 2. The van der Waals surface area contributed by atoms with Crippen molar-refractivity contribution in [2.24, 2.45) is 5.73 Å². The molecule has 0 saturated heterocycles. The number of aromatic nitrogens is 2. The molecule has 0 unspecified atom stereocenters. The summed E-state index contributed by atoms with van der Waals surface area (Å²) >= 11 is 1.17. The zero-order valence-electron chi connectivity index (χ0n) is 14.3. The van der Waals surface area contributed by atoms with Crippen LogP contribution in [0.25, 0.3) is 32.2 Å². The van der Waals surface area contributed by atoms with E-state index in [0.29, 0.717) is 22.5 Å². The van der Waals surface area contributed by atoms with Crippen LogP contribution in [0.1, 0.15) is 24.4 Å². The van der Waals surface area contributed by atoms with Crippen molar-refractivity contribution in [2.75, 3.05) is 0 Å². The molecule has 5 rings (SSSR count). The summed E-state index contributed by atoms with van der Waals surface area (Å²) in [5.41, 5.74) is 7.61. The van der Waals surface area contributed by atoms with Crippen LogP contribution in [-0.2, 0) is 6.54 Å². The van der Waals surface area contributed by atoms with Gasteiger partial charge in [0, 0.05) is 23.5 Å². The molecule has 136 valence electrons. The molecule has 2 heterocycles. The molecule has 2 aromatic carbocycles. The summed E-state index contributed by atoms with van der Waals surface area (Å²) in [5.74, 6) is -0.484. The van der Waals surface area contributed by atoms with Crippen molar-refractivity contribution in [1.82, 2.24) is 8.94 Å². The molecule has 1 aliphatic carbocycles. The maximum Gasteiger partial charge on any atom is 0.271 e. The van der Waals surface area contributed by atoms with Crippen molar-refractivity contribution < 1.29 is 4.39 Å². The molecule has 0 spiro atoms. The van der Waals surface area contributed by atoms with Crippen LogP contribution in [0.15, 0.2) is 46.0 Å². The molecular formula is C20H16FN3O2S. The summed E-state index contributed by atoms with van der Waals surface area (Å²) in [6.07, 6.45) is 1.96. The lowest BCUT2D eigenvalue weighted by Gasteiger charge is -2.14. The number of pyridine rings is 1. The van der Waals surface area contributed by atoms with Gasteiger partial charge in [-0.1, -0.05) is 18.2 Å². The van der Waals surface area contributed by atoms with Crippen LogP contribution < -0.4 is 16.7 Å². The van der Waals surface area contributed by atoms with Gasteiger partial charge in [-0.15, -0.1) is 0 Å². The summed E-state index contributed by atoms with van der Waals surface area (Å²) in [6.45, 7) is 0.369. The topological polar surface area (TPSA) is 80.9 Å². The number of H-pyrrole nitrogens is 1. The highest BCUT2D eigenvalue weighted by molar-refractivity contribution is 7.12. The van der Waals surface area contributed by atoms with Gasteiger partial charge in [-0.2, -0.15) is 0 Å². The van der Waals surface area contributed by atoms with E-state index in [-0.39, 0.29) is 16.8 Å². The number of halogens is 1. The van der Waals surface area contributed by atoms with Crippen LogP contribution in [-0.4, -0.2) is 8.94 Å². The first-order valence-corrected chi connectivity index (χ1v) is 9.58. The smallest absolute Gasteiger partial charge is 0.271 e. The molecule has 0 radical (unpaired) electrons. The number of aromatic amines is 1. The Hall–Kier alpha value is -2.77. The van der Waals surface area contributed by atoms with E-state index in [4.69, 9.17) is 5.73 Å². The fourth-order valence-corrected chi connectivity index (χ4v) is 4.56. The fraction of sp³-hybridized carbons (Fsp3) is 0.200. The molecule has 0 amide bonds. The van der Waals surface area contributed by atoms with Crippen molar-refractivity contribution in [3.63, 3.8) is 0 Å². The van der Waals surface area contributed by atoms with E-state index in [1.165, 1.54) is 17.6 Å². The van der Waals surface area contributed by atoms with E-state index in [9.17, 15) is 14.0 Å². The lowest BCUT2D eigenvalue weighted by molar-refractivity contribution is 0.632. The van der Waals surface area contributed by atoms with E-state index in [2.05, 4.69) is 4.37 Å². The van der Waals surface area contributed by atoms with E-state index < -0.39 is 16.8 Å². The number of hydrogen-bond acceptors (Lipinski definition) is 4. The Balaban J connectivity index is 1.90. The molecule has 2 aromatic heterocycles. The van der Waals surface area contributed by atoms with E-state index in [1.54, 1.807) is 6.07 Å². The summed E-state index contributed by atoms with van der Waals surface area (Å²) < 4.78 is 19.6. The number of nitrogens with zero attached hydrogens (tertiary/aromatic N) is 1. The zero-order chi connectivity index (χ0) is 18.7. The molecule has 1 aliphatic rings. The largest absolute Gasteiger partial charge is 0.328 e. The first kappa shape index (κ1) is 16.4. The third kappa shape index (κ3) is 2.46. The Morgan fingerprint density at radius 3 is 2.78 bits per heavy atom. The average Bonchev–Trinajstić information content (AvgIpc) is 3.44. The Labute approximate surface area is 157 Å². The molecule has 1 fully saturated rings. The third-order valence-corrected chi connectivity index (χ3v) is 5.98. The van der Waals surface area contributed by atoms with E-state index in [1.807, 2.05) is 28.8 Å². The molecule has 3 N–H and O–H groups in total. The normalized spacial score (nSPS) is 14.3. The Morgan fingerprint density at radius 1 is 1.22 bits per heavy atom. The molecule has 7 heteroatoms. The standard InChI is InChI=1S/C20H16FN3O2S/c21-15-7-14-16(8-13(15)11-3-1-2-10(6-11)9-22)24(12-4-5-12)20-17(18(14)25)19(26)23-27-20/h1-3,6-8,12H,4-5,9,22H2,(H,23,26). The van der Waals surface area contributed by atoms with Crippen molar-refractivity contribution >= 4 is 32.7 Å². The van der Waals surface area contributed by atoms with Gasteiger partial charge < -0.3 is 10.3 Å². The molecule has 0 bridgehead atoms. The highest BCUT2D eigenvalue weighted by Gasteiger charge is 2.29. The number of hydrogen-bond donors (Lipinski definition) is 2. The van der Waals surface area contributed by atoms with Gasteiger partial charge >= 0.3 is 0 Å². The minimum Gasteiger partial charge on any atom is -0.328 e. The van der Waals surface area contributed by atoms with Crippen LogP contribution in [0.4, 0.5) is 4.39 Å². The Kier molecular flexibility index (Phi) is 3.57. The monoisotopic (exact) mass is 381 g/mol. The van der Waals surface area contributed by atoms with Crippen LogP contribution in [0.2, 0.25) is 0 Å². The Morgan fingerprint density at radius 2 is 2.04 bits per heavy atom. The van der Waals surface area contributed by atoms with Crippen molar-refractivity contribution in [1.29, 1.82) is 0 Å². The predicted octanol–water partition coefficient (Wildman–Crippen LogP) is 3.50. The van der Waals surface area contributed by atoms with Crippen LogP contribution in [0, 0.1) is 5.82 Å². The number of rotatable bonds is 3. The van der Waals surface area contributed by atoms with Crippen molar-refractivity contribution in [3.05, 3.63) is 68.4 Å².